The van der Waals surface area contributed by atoms with E-state index in [1.54, 1.807) is 19.0 Å². The fourth-order valence-electron chi connectivity index (χ4n) is 3.38. The van der Waals surface area contributed by atoms with Gasteiger partial charge < -0.3 is 15.5 Å². The number of benzene rings is 1. The third-order valence-electron chi connectivity index (χ3n) is 5.14. The average Bonchev–Trinajstić information content (AvgIpc) is 2.69. The summed E-state index contributed by atoms with van der Waals surface area (Å²) in [4.78, 5) is 23.3. The van der Waals surface area contributed by atoms with Gasteiger partial charge in [0, 0.05) is 63.9 Å². The maximum Gasteiger partial charge on any atom is 0.241 e. The van der Waals surface area contributed by atoms with Crippen molar-refractivity contribution in [3.05, 3.63) is 34.3 Å². The average molecular weight is 437 g/mol. The SMILES string of the molecule is CN(C)C(=O)CNC(=NCc1ccc(Br)cc1)NCC1CN2CCN1CC2. The van der Waals surface area contributed by atoms with Crippen LogP contribution in [0.25, 0.3) is 0 Å². The zero-order valence-corrected chi connectivity index (χ0v) is 17.7. The summed E-state index contributed by atoms with van der Waals surface area (Å²) in [7, 11) is 3.52. The standard InChI is InChI=1S/C19H29BrN6O/c1-24(2)18(27)13-23-19(21-11-15-3-5-16(20)6-4-15)22-12-17-14-25-7-9-26(17)10-8-25/h3-6,17H,7-14H2,1-2H3,(H2,21,22,23). The monoisotopic (exact) mass is 436 g/mol. The topological polar surface area (TPSA) is 63.2 Å². The van der Waals surface area contributed by atoms with Crippen molar-refractivity contribution in [2.24, 2.45) is 4.99 Å². The van der Waals surface area contributed by atoms with Crippen LogP contribution in [0.2, 0.25) is 0 Å². The lowest BCUT2D eigenvalue weighted by molar-refractivity contribution is -0.127. The summed E-state index contributed by atoms with van der Waals surface area (Å²) in [5, 5.41) is 6.61. The molecule has 4 rings (SSSR count). The number of hydrogen-bond donors (Lipinski definition) is 2. The zero-order chi connectivity index (χ0) is 19.2. The molecule has 1 aromatic carbocycles. The Kier molecular flexibility index (Phi) is 7.09. The molecular formula is C19H29BrN6O. The molecule has 1 amide bonds. The second kappa shape index (κ2) is 9.52. The molecule has 2 bridgehead atoms. The van der Waals surface area contributed by atoms with E-state index in [0.717, 1.165) is 36.2 Å². The molecule has 1 unspecified atom stereocenters. The number of fused-ring (bicyclic) bond motifs is 3. The van der Waals surface area contributed by atoms with Crippen molar-refractivity contribution in [3.63, 3.8) is 0 Å². The minimum Gasteiger partial charge on any atom is -0.355 e. The fourth-order valence-corrected chi connectivity index (χ4v) is 3.65. The summed E-state index contributed by atoms with van der Waals surface area (Å²) >= 11 is 3.45. The molecule has 27 heavy (non-hydrogen) atoms. The van der Waals surface area contributed by atoms with E-state index >= 15 is 0 Å². The van der Waals surface area contributed by atoms with Crippen molar-refractivity contribution in [2.75, 3.05) is 59.9 Å². The van der Waals surface area contributed by atoms with Crippen LogP contribution in [0.1, 0.15) is 5.56 Å². The van der Waals surface area contributed by atoms with Gasteiger partial charge in [-0.1, -0.05) is 28.1 Å². The van der Waals surface area contributed by atoms with Crippen molar-refractivity contribution in [1.29, 1.82) is 0 Å². The van der Waals surface area contributed by atoms with Crippen LogP contribution in [0.3, 0.4) is 0 Å². The number of aliphatic imine (C=N–C) groups is 1. The largest absolute Gasteiger partial charge is 0.355 e. The predicted molar refractivity (Wildman–Crippen MR) is 112 cm³/mol. The van der Waals surface area contributed by atoms with Gasteiger partial charge in [0.05, 0.1) is 13.1 Å². The van der Waals surface area contributed by atoms with E-state index in [4.69, 9.17) is 0 Å². The second-order valence-electron chi connectivity index (χ2n) is 7.30. The van der Waals surface area contributed by atoms with Gasteiger partial charge in [-0.25, -0.2) is 4.99 Å². The van der Waals surface area contributed by atoms with E-state index in [2.05, 4.69) is 53.5 Å². The first-order chi connectivity index (χ1) is 13.0. The van der Waals surface area contributed by atoms with E-state index in [1.165, 1.54) is 13.1 Å². The summed E-state index contributed by atoms with van der Waals surface area (Å²) in [5.41, 5.74) is 1.13. The molecule has 7 nitrogen and oxygen atoms in total. The van der Waals surface area contributed by atoms with E-state index in [-0.39, 0.29) is 12.5 Å². The number of piperazine rings is 3. The molecule has 3 heterocycles. The van der Waals surface area contributed by atoms with Crippen LogP contribution >= 0.6 is 15.9 Å². The first-order valence-corrected chi connectivity index (χ1v) is 10.2. The number of guanidine groups is 1. The van der Waals surface area contributed by atoms with Crippen LogP contribution in [-0.4, -0.2) is 92.5 Å². The van der Waals surface area contributed by atoms with Crippen LogP contribution < -0.4 is 10.6 Å². The van der Waals surface area contributed by atoms with Gasteiger partial charge in [-0.05, 0) is 17.7 Å². The summed E-state index contributed by atoms with van der Waals surface area (Å²) in [5.74, 6) is 0.713. The van der Waals surface area contributed by atoms with Gasteiger partial charge in [-0.2, -0.15) is 0 Å². The first kappa shape index (κ1) is 20.1. The molecule has 3 aliphatic rings. The van der Waals surface area contributed by atoms with Gasteiger partial charge in [0.25, 0.3) is 0 Å². The van der Waals surface area contributed by atoms with Crippen molar-refractivity contribution < 1.29 is 4.79 Å². The Morgan fingerprint density at radius 1 is 1.19 bits per heavy atom. The number of rotatable bonds is 6. The predicted octanol–water partition coefficient (Wildman–Crippen LogP) is 0.572. The lowest BCUT2D eigenvalue weighted by Gasteiger charge is -2.47. The molecule has 0 saturated carbocycles. The van der Waals surface area contributed by atoms with Crippen molar-refractivity contribution in [3.8, 4) is 0 Å². The minimum atomic E-state index is 0.0275. The number of nitrogens with one attached hydrogen (secondary N) is 2. The van der Waals surface area contributed by atoms with E-state index in [0.29, 0.717) is 18.5 Å². The van der Waals surface area contributed by atoms with E-state index in [9.17, 15) is 4.79 Å². The zero-order valence-electron chi connectivity index (χ0n) is 16.1. The Balaban J connectivity index is 1.58. The lowest BCUT2D eigenvalue weighted by atomic mass is 10.1. The molecule has 0 aliphatic carbocycles. The summed E-state index contributed by atoms with van der Waals surface area (Å²) < 4.78 is 1.06. The lowest BCUT2D eigenvalue weighted by Crippen LogP contribution is -2.64. The maximum absolute atomic E-state index is 11.9. The van der Waals surface area contributed by atoms with Gasteiger partial charge in [-0.15, -0.1) is 0 Å². The summed E-state index contributed by atoms with van der Waals surface area (Å²) in [6.07, 6.45) is 0. The highest BCUT2D eigenvalue weighted by Gasteiger charge is 2.31. The van der Waals surface area contributed by atoms with Gasteiger partial charge in [0.2, 0.25) is 5.91 Å². The molecule has 148 valence electrons. The van der Waals surface area contributed by atoms with Crippen LogP contribution in [-0.2, 0) is 11.3 Å². The Morgan fingerprint density at radius 2 is 1.89 bits per heavy atom. The van der Waals surface area contributed by atoms with Crippen molar-refractivity contribution in [1.82, 2.24) is 25.3 Å². The molecular weight excluding hydrogens is 408 g/mol. The maximum atomic E-state index is 11.9. The molecule has 3 saturated heterocycles. The Hall–Kier alpha value is -1.64. The molecule has 1 aromatic rings. The molecule has 2 N–H and O–H groups in total. The third-order valence-corrected chi connectivity index (χ3v) is 5.66. The number of carbonyl (C=O) groups excluding carboxylic acids is 1. The van der Waals surface area contributed by atoms with Gasteiger partial charge >= 0.3 is 0 Å². The Labute approximate surface area is 169 Å². The van der Waals surface area contributed by atoms with Crippen molar-refractivity contribution in [2.45, 2.75) is 12.6 Å². The number of carbonyl (C=O) groups is 1. The van der Waals surface area contributed by atoms with Gasteiger partial charge in [0.15, 0.2) is 5.96 Å². The first-order valence-electron chi connectivity index (χ1n) is 9.44. The molecule has 3 aliphatic heterocycles. The van der Waals surface area contributed by atoms with Crippen LogP contribution in [0.4, 0.5) is 0 Å². The van der Waals surface area contributed by atoms with Crippen LogP contribution in [0.5, 0.6) is 0 Å². The van der Waals surface area contributed by atoms with E-state index < -0.39 is 0 Å². The number of hydrogen-bond acceptors (Lipinski definition) is 4. The smallest absolute Gasteiger partial charge is 0.241 e. The highest BCUT2D eigenvalue weighted by molar-refractivity contribution is 9.10. The molecule has 3 fully saturated rings. The molecule has 0 spiro atoms. The second-order valence-corrected chi connectivity index (χ2v) is 8.22. The highest BCUT2D eigenvalue weighted by Crippen LogP contribution is 2.15. The third kappa shape index (κ3) is 5.92. The molecule has 1 atom stereocenters. The Bertz CT molecular complexity index is 655. The normalized spacial score (nSPS) is 24.6. The molecule has 8 heteroatoms. The number of amides is 1. The van der Waals surface area contributed by atoms with Crippen LogP contribution in [0, 0.1) is 0 Å². The number of nitrogens with zero attached hydrogens (tertiary/aromatic N) is 4. The van der Waals surface area contributed by atoms with Crippen molar-refractivity contribution >= 4 is 27.8 Å². The quantitative estimate of drug-likeness (QED) is 0.504. The van der Waals surface area contributed by atoms with Crippen LogP contribution in [0.15, 0.2) is 33.7 Å². The van der Waals surface area contributed by atoms with E-state index in [1.807, 2.05) is 12.1 Å². The number of halogens is 1. The van der Waals surface area contributed by atoms with Gasteiger partial charge in [0.1, 0.15) is 0 Å². The summed E-state index contributed by atoms with van der Waals surface area (Å²) in [6.45, 7) is 7.38. The minimum absolute atomic E-state index is 0.0275. The van der Waals surface area contributed by atoms with Gasteiger partial charge in [-0.3, -0.25) is 14.6 Å². The molecule has 0 radical (unpaired) electrons. The highest BCUT2D eigenvalue weighted by atomic mass is 79.9. The Morgan fingerprint density at radius 3 is 2.48 bits per heavy atom. The summed E-state index contributed by atoms with van der Waals surface area (Å²) in [6, 6.07) is 8.63. The fraction of sp³-hybridized carbons (Fsp3) is 0.579. The molecule has 0 aromatic heterocycles. The number of likely N-dealkylation sites (N-methyl/N-ethyl adjacent to an activating group) is 1.